The molecule has 0 saturated carbocycles. The second-order valence-electron chi connectivity index (χ2n) is 4.60. The Morgan fingerprint density at radius 3 is 1.90 bits per heavy atom. The number of benzene rings is 2. The zero-order valence-corrected chi connectivity index (χ0v) is 11.0. The van der Waals surface area contributed by atoms with Crippen molar-refractivity contribution in [2.45, 2.75) is 12.5 Å². The van der Waals surface area contributed by atoms with Crippen LogP contribution < -0.4 is 5.73 Å². The van der Waals surface area contributed by atoms with Crippen molar-refractivity contribution in [2.24, 2.45) is 5.73 Å². The van der Waals surface area contributed by atoms with Crippen LogP contribution in [-0.2, 0) is 6.54 Å². The summed E-state index contributed by atoms with van der Waals surface area (Å²) in [6.07, 6.45) is 0. The van der Waals surface area contributed by atoms with Gasteiger partial charge in [0.15, 0.2) is 5.82 Å². The SMILES string of the molecule is NCc1nc(C(c2ccccc2)c2ccccc2)n[nH]1. The van der Waals surface area contributed by atoms with Crippen LogP contribution in [0.3, 0.4) is 0 Å². The first-order chi connectivity index (χ1) is 9.88. The van der Waals surface area contributed by atoms with E-state index in [1.807, 2.05) is 36.4 Å². The van der Waals surface area contributed by atoms with Gasteiger partial charge in [-0.15, -0.1) is 0 Å². The Kier molecular flexibility index (Phi) is 3.56. The lowest BCUT2D eigenvalue weighted by Crippen LogP contribution is -2.06. The molecule has 0 aliphatic heterocycles. The van der Waals surface area contributed by atoms with Gasteiger partial charge < -0.3 is 5.73 Å². The van der Waals surface area contributed by atoms with E-state index in [-0.39, 0.29) is 5.92 Å². The quantitative estimate of drug-likeness (QED) is 0.760. The van der Waals surface area contributed by atoms with Crippen molar-refractivity contribution in [1.29, 1.82) is 0 Å². The fraction of sp³-hybridized carbons (Fsp3) is 0.125. The molecule has 0 spiro atoms. The monoisotopic (exact) mass is 264 g/mol. The molecule has 100 valence electrons. The molecule has 0 aliphatic carbocycles. The zero-order valence-electron chi connectivity index (χ0n) is 11.0. The highest BCUT2D eigenvalue weighted by molar-refractivity contribution is 5.38. The summed E-state index contributed by atoms with van der Waals surface area (Å²) in [5.41, 5.74) is 7.94. The number of nitrogens with one attached hydrogen (secondary N) is 1. The minimum atomic E-state index is 0.0222. The molecule has 0 fully saturated rings. The third-order valence-electron chi connectivity index (χ3n) is 3.27. The molecule has 0 amide bonds. The Labute approximate surface area is 117 Å². The number of nitrogens with two attached hydrogens (primary N) is 1. The van der Waals surface area contributed by atoms with E-state index in [1.54, 1.807) is 0 Å². The van der Waals surface area contributed by atoms with Crippen molar-refractivity contribution in [3.8, 4) is 0 Å². The molecule has 3 rings (SSSR count). The van der Waals surface area contributed by atoms with E-state index in [2.05, 4.69) is 39.4 Å². The summed E-state index contributed by atoms with van der Waals surface area (Å²) >= 11 is 0. The molecule has 1 aromatic heterocycles. The van der Waals surface area contributed by atoms with Crippen LogP contribution in [0, 0.1) is 0 Å². The van der Waals surface area contributed by atoms with Crippen LogP contribution in [-0.4, -0.2) is 15.2 Å². The number of rotatable bonds is 4. The summed E-state index contributed by atoms with van der Waals surface area (Å²) in [5, 5.41) is 7.21. The summed E-state index contributed by atoms with van der Waals surface area (Å²) in [6.45, 7) is 0.364. The number of hydrogen-bond acceptors (Lipinski definition) is 3. The van der Waals surface area contributed by atoms with Crippen LogP contribution >= 0.6 is 0 Å². The van der Waals surface area contributed by atoms with E-state index in [1.165, 1.54) is 11.1 Å². The van der Waals surface area contributed by atoms with Crippen LogP contribution in [0.15, 0.2) is 60.7 Å². The molecule has 20 heavy (non-hydrogen) atoms. The van der Waals surface area contributed by atoms with Gasteiger partial charge in [-0.1, -0.05) is 60.7 Å². The molecule has 0 radical (unpaired) electrons. The first-order valence-corrected chi connectivity index (χ1v) is 6.59. The minimum Gasteiger partial charge on any atom is -0.324 e. The summed E-state index contributed by atoms with van der Waals surface area (Å²) in [7, 11) is 0. The Morgan fingerprint density at radius 1 is 0.900 bits per heavy atom. The molecule has 4 nitrogen and oxygen atoms in total. The lowest BCUT2D eigenvalue weighted by molar-refractivity contribution is 0.862. The molecule has 3 N–H and O–H groups in total. The second kappa shape index (κ2) is 5.67. The molecular formula is C16H16N4. The molecule has 0 unspecified atom stereocenters. The third kappa shape index (κ3) is 2.46. The van der Waals surface area contributed by atoms with Crippen LogP contribution in [0.2, 0.25) is 0 Å². The lowest BCUT2D eigenvalue weighted by atomic mass is 9.91. The Morgan fingerprint density at radius 2 is 1.45 bits per heavy atom. The molecule has 0 aliphatic rings. The second-order valence-corrected chi connectivity index (χ2v) is 4.60. The normalized spacial score (nSPS) is 10.9. The van der Waals surface area contributed by atoms with Gasteiger partial charge in [-0.3, -0.25) is 5.10 Å². The van der Waals surface area contributed by atoms with E-state index >= 15 is 0 Å². The highest BCUT2D eigenvalue weighted by atomic mass is 15.2. The number of hydrogen-bond donors (Lipinski definition) is 2. The average molecular weight is 264 g/mol. The van der Waals surface area contributed by atoms with Gasteiger partial charge in [0.2, 0.25) is 0 Å². The Hall–Kier alpha value is -2.46. The van der Waals surface area contributed by atoms with E-state index in [0.717, 1.165) is 5.82 Å². The first-order valence-electron chi connectivity index (χ1n) is 6.59. The van der Waals surface area contributed by atoms with Gasteiger partial charge in [0.1, 0.15) is 5.82 Å². The van der Waals surface area contributed by atoms with E-state index in [9.17, 15) is 0 Å². The van der Waals surface area contributed by atoms with Crippen molar-refractivity contribution in [3.05, 3.63) is 83.4 Å². The van der Waals surface area contributed by atoms with E-state index in [4.69, 9.17) is 5.73 Å². The summed E-state index contributed by atoms with van der Waals surface area (Å²) in [5.74, 6) is 1.48. The maximum atomic E-state index is 5.61. The molecule has 4 heteroatoms. The molecule has 3 aromatic rings. The van der Waals surface area contributed by atoms with E-state index < -0.39 is 0 Å². The van der Waals surface area contributed by atoms with Crippen molar-refractivity contribution in [1.82, 2.24) is 15.2 Å². The van der Waals surface area contributed by atoms with Crippen molar-refractivity contribution >= 4 is 0 Å². The largest absolute Gasteiger partial charge is 0.324 e. The number of aromatic amines is 1. The van der Waals surface area contributed by atoms with Gasteiger partial charge in [-0.25, -0.2) is 4.98 Å². The predicted molar refractivity (Wildman–Crippen MR) is 78.1 cm³/mol. The third-order valence-corrected chi connectivity index (χ3v) is 3.27. The summed E-state index contributed by atoms with van der Waals surface area (Å²) in [4.78, 5) is 4.49. The van der Waals surface area contributed by atoms with Gasteiger partial charge in [0.05, 0.1) is 12.5 Å². The summed E-state index contributed by atoms with van der Waals surface area (Å²) < 4.78 is 0. The summed E-state index contributed by atoms with van der Waals surface area (Å²) in [6, 6.07) is 20.5. The number of aromatic nitrogens is 3. The Bertz CT molecular complexity index is 622. The van der Waals surface area contributed by atoms with Gasteiger partial charge in [-0.05, 0) is 11.1 Å². The van der Waals surface area contributed by atoms with Crippen molar-refractivity contribution in [2.75, 3.05) is 0 Å². The fourth-order valence-electron chi connectivity index (χ4n) is 2.31. The average Bonchev–Trinajstić information content (AvgIpc) is 2.98. The van der Waals surface area contributed by atoms with Gasteiger partial charge in [0, 0.05) is 0 Å². The predicted octanol–water partition coefficient (Wildman–Crippen LogP) is 2.44. The standard InChI is InChI=1S/C16H16N4/c17-11-14-18-16(20-19-14)15(12-7-3-1-4-8-12)13-9-5-2-6-10-13/h1-10,15H,11,17H2,(H,18,19,20). The van der Waals surface area contributed by atoms with Crippen LogP contribution in [0.25, 0.3) is 0 Å². The molecule has 2 aromatic carbocycles. The highest BCUT2D eigenvalue weighted by Crippen LogP contribution is 2.29. The van der Waals surface area contributed by atoms with Crippen molar-refractivity contribution in [3.63, 3.8) is 0 Å². The highest BCUT2D eigenvalue weighted by Gasteiger charge is 2.20. The van der Waals surface area contributed by atoms with Crippen molar-refractivity contribution < 1.29 is 0 Å². The zero-order chi connectivity index (χ0) is 13.8. The molecule has 0 bridgehead atoms. The smallest absolute Gasteiger partial charge is 0.162 e. The van der Waals surface area contributed by atoms with Gasteiger partial charge >= 0.3 is 0 Å². The van der Waals surface area contributed by atoms with Gasteiger partial charge in [-0.2, -0.15) is 5.10 Å². The maximum absolute atomic E-state index is 5.61. The minimum absolute atomic E-state index is 0.0222. The Balaban J connectivity index is 2.09. The molecular weight excluding hydrogens is 248 g/mol. The first kappa shape index (κ1) is 12.6. The topological polar surface area (TPSA) is 67.6 Å². The van der Waals surface area contributed by atoms with Gasteiger partial charge in [0.25, 0.3) is 0 Å². The molecule has 1 heterocycles. The van der Waals surface area contributed by atoms with Crippen LogP contribution in [0.4, 0.5) is 0 Å². The number of nitrogens with zero attached hydrogens (tertiary/aromatic N) is 2. The van der Waals surface area contributed by atoms with Crippen LogP contribution in [0.5, 0.6) is 0 Å². The molecule has 0 saturated heterocycles. The molecule has 0 atom stereocenters. The van der Waals surface area contributed by atoms with Crippen LogP contribution in [0.1, 0.15) is 28.7 Å². The van der Waals surface area contributed by atoms with E-state index in [0.29, 0.717) is 12.4 Å². The lowest BCUT2D eigenvalue weighted by Gasteiger charge is -2.14. The maximum Gasteiger partial charge on any atom is 0.162 e. The number of H-pyrrole nitrogens is 1. The fourth-order valence-corrected chi connectivity index (χ4v) is 2.31.